The molecule has 4 nitrogen and oxygen atoms in total. The lowest BCUT2D eigenvalue weighted by molar-refractivity contribution is 1.04. The molecule has 0 aromatic carbocycles. The third-order valence-electron chi connectivity index (χ3n) is 2.00. The van der Waals surface area contributed by atoms with Gasteiger partial charge in [-0.15, -0.1) is 0 Å². The van der Waals surface area contributed by atoms with E-state index in [1.54, 1.807) is 24.8 Å². The number of aryl methyl sites for hydroxylation is 1. The van der Waals surface area contributed by atoms with Gasteiger partial charge in [0.1, 0.15) is 5.69 Å². The molecule has 15 heavy (non-hydrogen) atoms. The molecule has 2 aromatic rings. The number of alkyl halides is 1. The lowest BCUT2D eigenvalue weighted by Gasteiger charge is -2.03. The highest BCUT2D eigenvalue weighted by atomic mass is 79.9. The second-order valence-corrected chi connectivity index (χ2v) is 3.61. The molecule has 0 aliphatic rings. The van der Waals surface area contributed by atoms with Crippen LogP contribution in [0.2, 0.25) is 0 Å². The van der Waals surface area contributed by atoms with E-state index in [2.05, 4.69) is 35.9 Å². The Labute approximate surface area is 96.0 Å². The van der Waals surface area contributed by atoms with Crippen molar-refractivity contribution in [2.45, 2.75) is 12.3 Å². The molecule has 5 heteroatoms. The molecule has 0 spiro atoms. The zero-order valence-corrected chi connectivity index (χ0v) is 9.77. The first-order valence-corrected chi connectivity index (χ1v) is 5.58. The van der Waals surface area contributed by atoms with Crippen molar-refractivity contribution in [2.24, 2.45) is 0 Å². The molecule has 76 valence electrons. The summed E-state index contributed by atoms with van der Waals surface area (Å²) in [6.45, 7) is 1.98. The van der Waals surface area contributed by atoms with Gasteiger partial charge in [-0.1, -0.05) is 15.9 Å². The Morgan fingerprint density at radius 1 is 1.20 bits per heavy atom. The molecule has 2 aromatic heterocycles. The minimum atomic E-state index is 0.614. The molecule has 0 saturated heterocycles. The Balaban J connectivity index is 2.46. The smallest absolute Gasteiger partial charge is 0.180 e. The lowest BCUT2D eigenvalue weighted by atomic mass is 10.2. The lowest BCUT2D eigenvalue weighted by Crippen LogP contribution is -1.98. The zero-order valence-electron chi connectivity index (χ0n) is 8.18. The number of aromatic nitrogens is 4. The average Bonchev–Trinajstić information content (AvgIpc) is 2.31. The van der Waals surface area contributed by atoms with Gasteiger partial charge in [0.25, 0.3) is 0 Å². The van der Waals surface area contributed by atoms with E-state index in [1.165, 1.54) is 0 Å². The predicted molar refractivity (Wildman–Crippen MR) is 60.4 cm³/mol. The minimum Gasteiger partial charge on any atom is -0.261 e. The van der Waals surface area contributed by atoms with E-state index >= 15 is 0 Å². The summed E-state index contributed by atoms with van der Waals surface area (Å²) in [6, 6.07) is 0. The van der Waals surface area contributed by atoms with Gasteiger partial charge in [0.15, 0.2) is 5.82 Å². The summed E-state index contributed by atoms with van der Waals surface area (Å²) in [4.78, 5) is 16.8. The largest absolute Gasteiger partial charge is 0.261 e. The molecule has 2 rings (SSSR count). The zero-order chi connectivity index (χ0) is 10.7. The first-order chi connectivity index (χ1) is 7.31. The van der Waals surface area contributed by atoms with Gasteiger partial charge in [-0.25, -0.2) is 15.0 Å². The Bertz CT molecular complexity index is 458. The van der Waals surface area contributed by atoms with E-state index in [4.69, 9.17) is 0 Å². The fourth-order valence-corrected chi connectivity index (χ4v) is 1.72. The van der Waals surface area contributed by atoms with Crippen LogP contribution in [-0.2, 0) is 5.33 Å². The van der Waals surface area contributed by atoms with Gasteiger partial charge in [-0.2, -0.15) is 0 Å². The topological polar surface area (TPSA) is 51.6 Å². The number of halogens is 1. The van der Waals surface area contributed by atoms with Crippen molar-refractivity contribution >= 4 is 15.9 Å². The minimum absolute atomic E-state index is 0.614. The van der Waals surface area contributed by atoms with Crippen molar-refractivity contribution in [1.82, 2.24) is 19.9 Å². The summed E-state index contributed by atoms with van der Waals surface area (Å²) in [5.74, 6) is 0.614. The van der Waals surface area contributed by atoms with Crippen molar-refractivity contribution < 1.29 is 0 Å². The Kier molecular flexibility index (Phi) is 3.01. The average molecular weight is 265 g/mol. The molecule has 2 heterocycles. The SMILES string of the molecule is Cc1cnc(-c2cnccn2)nc1CBr. The molecule has 0 saturated carbocycles. The van der Waals surface area contributed by atoms with Crippen LogP contribution in [0.3, 0.4) is 0 Å². The monoisotopic (exact) mass is 264 g/mol. The molecule has 0 radical (unpaired) electrons. The summed E-state index contributed by atoms with van der Waals surface area (Å²) in [5, 5.41) is 0.717. The Hall–Kier alpha value is -1.36. The summed E-state index contributed by atoms with van der Waals surface area (Å²) in [6.07, 6.45) is 6.71. The van der Waals surface area contributed by atoms with Crippen molar-refractivity contribution in [3.8, 4) is 11.5 Å². The highest BCUT2D eigenvalue weighted by molar-refractivity contribution is 9.08. The van der Waals surface area contributed by atoms with E-state index in [9.17, 15) is 0 Å². The maximum atomic E-state index is 4.40. The second-order valence-electron chi connectivity index (χ2n) is 3.05. The van der Waals surface area contributed by atoms with Gasteiger partial charge < -0.3 is 0 Å². The van der Waals surface area contributed by atoms with Crippen molar-refractivity contribution in [3.63, 3.8) is 0 Å². The first-order valence-electron chi connectivity index (χ1n) is 4.46. The van der Waals surface area contributed by atoms with E-state index in [0.717, 1.165) is 11.3 Å². The summed E-state index contributed by atoms with van der Waals surface area (Å²) in [5.41, 5.74) is 2.74. The second kappa shape index (κ2) is 4.44. The first kappa shape index (κ1) is 10.2. The van der Waals surface area contributed by atoms with E-state index in [0.29, 0.717) is 16.8 Å². The quantitative estimate of drug-likeness (QED) is 0.780. The maximum Gasteiger partial charge on any atom is 0.180 e. The van der Waals surface area contributed by atoms with Gasteiger partial charge in [-0.3, -0.25) is 4.98 Å². The molecule has 0 fully saturated rings. The molecule has 0 aliphatic carbocycles. The highest BCUT2D eigenvalue weighted by Gasteiger charge is 2.05. The van der Waals surface area contributed by atoms with Crippen LogP contribution in [0, 0.1) is 6.92 Å². The Morgan fingerprint density at radius 2 is 2.07 bits per heavy atom. The number of nitrogens with zero attached hydrogens (tertiary/aromatic N) is 4. The Morgan fingerprint density at radius 3 is 2.73 bits per heavy atom. The van der Waals surface area contributed by atoms with Gasteiger partial charge in [0.05, 0.1) is 11.9 Å². The van der Waals surface area contributed by atoms with Crippen LogP contribution in [0.4, 0.5) is 0 Å². The van der Waals surface area contributed by atoms with Gasteiger partial charge in [0, 0.05) is 23.9 Å². The van der Waals surface area contributed by atoms with Gasteiger partial charge >= 0.3 is 0 Å². The van der Waals surface area contributed by atoms with E-state index < -0.39 is 0 Å². The molecule has 0 N–H and O–H groups in total. The number of hydrogen-bond acceptors (Lipinski definition) is 4. The molecular formula is C10H9BrN4. The maximum absolute atomic E-state index is 4.40. The fourth-order valence-electron chi connectivity index (χ4n) is 1.15. The van der Waals surface area contributed by atoms with Gasteiger partial charge in [-0.05, 0) is 12.5 Å². The van der Waals surface area contributed by atoms with E-state index in [-0.39, 0.29) is 0 Å². The van der Waals surface area contributed by atoms with Crippen LogP contribution >= 0.6 is 15.9 Å². The highest BCUT2D eigenvalue weighted by Crippen LogP contribution is 2.14. The van der Waals surface area contributed by atoms with Crippen LogP contribution < -0.4 is 0 Å². The van der Waals surface area contributed by atoms with Crippen LogP contribution in [-0.4, -0.2) is 19.9 Å². The van der Waals surface area contributed by atoms with Gasteiger partial charge in [0.2, 0.25) is 0 Å². The third-order valence-corrected chi connectivity index (χ3v) is 2.53. The van der Waals surface area contributed by atoms with Crippen LogP contribution in [0.1, 0.15) is 11.3 Å². The molecule has 0 aliphatic heterocycles. The summed E-state index contributed by atoms with van der Waals surface area (Å²) >= 11 is 3.39. The normalized spacial score (nSPS) is 10.3. The number of hydrogen-bond donors (Lipinski definition) is 0. The molecular weight excluding hydrogens is 256 g/mol. The molecule has 0 atom stereocenters. The molecule has 0 amide bonds. The predicted octanol–water partition coefficient (Wildman–Crippen LogP) is 2.14. The van der Waals surface area contributed by atoms with Crippen LogP contribution in [0.15, 0.2) is 24.8 Å². The van der Waals surface area contributed by atoms with Crippen LogP contribution in [0.5, 0.6) is 0 Å². The van der Waals surface area contributed by atoms with E-state index in [1.807, 2.05) is 6.92 Å². The number of rotatable bonds is 2. The van der Waals surface area contributed by atoms with Crippen molar-refractivity contribution in [3.05, 3.63) is 36.0 Å². The van der Waals surface area contributed by atoms with Crippen LogP contribution in [0.25, 0.3) is 11.5 Å². The third kappa shape index (κ3) is 2.18. The summed E-state index contributed by atoms with van der Waals surface area (Å²) < 4.78 is 0. The molecule has 0 bridgehead atoms. The van der Waals surface area contributed by atoms with Crippen molar-refractivity contribution in [2.75, 3.05) is 0 Å². The standard InChI is InChI=1S/C10H9BrN4/c1-7-5-14-10(15-8(7)4-11)9-6-12-2-3-13-9/h2-3,5-6H,4H2,1H3. The summed E-state index contributed by atoms with van der Waals surface area (Å²) in [7, 11) is 0. The van der Waals surface area contributed by atoms with Crippen molar-refractivity contribution in [1.29, 1.82) is 0 Å². The molecule has 0 unspecified atom stereocenters. The fraction of sp³-hybridized carbons (Fsp3) is 0.200.